The SMILES string of the molecule is CC(C)CCOCCN1C2CCC1CC(O)C2. The van der Waals surface area contributed by atoms with Crippen molar-refractivity contribution >= 4 is 0 Å². The van der Waals surface area contributed by atoms with Crippen LogP contribution in [0.2, 0.25) is 0 Å². The van der Waals surface area contributed by atoms with Gasteiger partial charge in [-0.15, -0.1) is 0 Å². The summed E-state index contributed by atoms with van der Waals surface area (Å²) in [5.41, 5.74) is 0. The van der Waals surface area contributed by atoms with Crippen LogP contribution < -0.4 is 0 Å². The van der Waals surface area contributed by atoms with Crippen molar-refractivity contribution in [2.45, 2.75) is 64.1 Å². The first-order chi connectivity index (χ1) is 8.16. The molecule has 2 heterocycles. The molecule has 1 N–H and O–H groups in total. The van der Waals surface area contributed by atoms with E-state index in [0.29, 0.717) is 12.1 Å². The van der Waals surface area contributed by atoms with Gasteiger partial charge in [-0.1, -0.05) is 13.8 Å². The van der Waals surface area contributed by atoms with Crippen LogP contribution in [0.3, 0.4) is 0 Å². The van der Waals surface area contributed by atoms with E-state index in [-0.39, 0.29) is 6.10 Å². The van der Waals surface area contributed by atoms with Gasteiger partial charge in [-0.2, -0.15) is 0 Å². The topological polar surface area (TPSA) is 32.7 Å². The van der Waals surface area contributed by atoms with Crippen molar-refractivity contribution in [2.24, 2.45) is 5.92 Å². The highest BCUT2D eigenvalue weighted by Crippen LogP contribution is 2.35. The van der Waals surface area contributed by atoms with Crippen LogP contribution in [-0.4, -0.2) is 48.0 Å². The maximum absolute atomic E-state index is 9.72. The molecule has 3 nitrogen and oxygen atoms in total. The highest BCUT2D eigenvalue weighted by atomic mass is 16.5. The van der Waals surface area contributed by atoms with E-state index < -0.39 is 0 Å². The largest absolute Gasteiger partial charge is 0.393 e. The first kappa shape index (κ1) is 13.3. The third-order valence-electron chi connectivity index (χ3n) is 4.19. The summed E-state index contributed by atoms with van der Waals surface area (Å²) in [5.74, 6) is 0.733. The lowest BCUT2D eigenvalue weighted by atomic mass is 10.0. The number of hydrogen-bond acceptors (Lipinski definition) is 3. The van der Waals surface area contributed by atoms with Gasteiger partial charge in [-0.25, -0.2) is 0 Å². The summed E-state index contributed by atoms with van der Waals surface area (Å²) in [5, 5.41) is 9.72. The maximum Gasteiger partial charge on any atom is 0.0593 e. The Morgan fingerprint density at radius 2 is 1.82 bits per heavy atom. The molecule has 2 rings (SSSR count). The van der Waals surface area contributed by atoms with E-state index in [1.807, 2.05) is 0 Å². The zero-order valence-electron chi connectivity index (χ0n) is 11.3. The Kier molecular flexibility index (Phi) is 4.83. The predicted molar refractivity (Wildman–Crippen MR) is 69.0 cm³/mol. The minimum atomic E-state index is -0.0504. The van der Waals surface area contributed by atoms with E-state index in [2.05, 4.69) is 18.7 Å². The molecule has 0 aromatic carbocycles. The molecule has 0 saturated carbocycles. The number of rotatable bonds is 6. The standard InChI is InChI=1S/C14H27NO2/c1-11(2)5-7-17-8-6-15-12-3-4-13(15)10-14(16)9-12/h11-14,16H,3-10H2,1-2H3. The molecule has 100 valence electrons. The van der Waals surface area contributed by atoms with E-state index >= 15 is 0 Å². The van der Waals surface area contributed by atoms with E-state index in [0.717, 1.165) is 44.9 Å². The molecular formula is C14H27NO2. The Hall–Kier alpha value is -0.120. The number of aliphatic hydroxyl groups is 1. The van der Waals surface area contributed by atoms with Gasteiger partial charge in [0.1, 0.15) is 0 Å². The van der Waals surface area contributed by atoms with Crippen LogP contribution in [0, 0.1) is 5.92 Å². The first-order valence-electron chi connectivity index (χ1n) is 7.18. The molecule has 0 aromatic rings. The summed E-state index contributed by atoms with van der Waals surface area (Å²) in [6.45, 7) is 7.27. The van der Waals surface area contributed by atoms with Crippen molar-refractivity contribution in [1.82, 2.24) is 4.90 Å². The van der Waals surface area contributed by atoms with Gasteiger partial charge in [0.25, 0.3) is 0 Å². The van der Waals surface area contributed by atoms with Crippen LogP contribution in [0.25, 0.3) is 0 Å². The normalized spacial score (nSPS) is 33.5. The second-order valence-corrected chi connectivity index (χ2v) is 6.04. The van der Waals surface area contributed by atoms with Gasteiger partial charge in [-0.3, -0.25) is 4.90 Å². The molecule has 0 aromatic heterocycles. The fraction of sp³-hybridized carbons (Fsp3) is 1.00. The number of nitrogens with zero attached hydrogens (tertiary/aromatic N) is 1. The molecule has 2 unspecified atom stereocenters. The number of aliphatic hydroxyl groups excluding tert-OH is 1. The molecule has 2 aliphatic rings. The monoisotopic (exact) mass is 241 g/mol. The fourth-order valence-electron chi connectivity index (χ4n) is 3.20. The van der Waals surface area contributed by atoms with Crippen LogP contribution in [0.15, 0.2) is 0 Å². The van der Waals surface area contributed by atoms with Crippen molar-refractivity contribution in [1.29, 1.82) is 0 Å². The quantitative estimate of drug-likeness (QED) is 0.722. The van der Waals surface area contributed by atoms with Crippen molar-refractivity contribution in [2.75, 3.05) is 19.8 Å². The smallest absolute Gasteiger partial charge is 0.0593 e. The summed E-state index contributed by atoms with van der Waals surface area (Å²) in [4.78, 5) is 2.57. The van der Waals surface area contributed by atoms with Crippen LogP contribution in [0.5, 0.6) is 0 Å². The summed E-state index contributed by atoms with van der Waals surface area (Å²) in [6, 6.07) is 1.25. The molecule has 2 fully saturated rings. The number of fused-ring (bicyclic) bond motifs is 2. The number of ether oxygens (including phenoxy) is 1. The van der Waals surface area contributed by atoms with Gasteiger partial charge in [0.2, 0.25) is 0 Å². The fourth-order valence-corrected chi connectivity index (χ4v) is 3.20. The summed E-state index contributed by atoms with van der Waals surface area (Å²) in [6.07, 6.45) is 5.60. The molecule has 0 radical (unpaired) electrons. The number of hydrogen-bond donors (Lipinski definition) is 1. The molecule has 2 aliphatic heterocycles. The minimum Gasteiger partial charge on any atom is -0.393 e. The van der Waals surface area contributed by atoms with E-state index in [9.17, 15) is 5.11 Å². The van der Waals surface area contributed by atoms with Gasteiger partial charge in [0.15, 0.2) is 0 Å². The highest BCUT2D eigenvalue weighted by molar-refractivity contribution is 4.94. The molecular weight excluding hydrogens is 214 g/mol. The van der Waals surface area contributed by atoms with Gasteiger partial charge < -0.3 is 9.84 Å². The van der Waals surface area contributed by atoms with Crippen molar-refractivity contribution in [3.8, 4) is 0 Å². The minimum absolute atomic E-state index is 0.0504. The number of piperidine rings is 1. The van der Waals surface area contributed by atoms with E-state index in [1.165, 1.54) is 12.8 Å². The van der Waals surface area contributed by atoms with Gasteiger partial charge in [0, 0.05) is 25.2 Å². The average molecular weight is 241 g/mol. The third-order valence-corrected chi connectivity index (χ3v) is 4.19. The van der Waals surface area contributed by atoms with E-state index in [1.54, 1.807) is 0 Å². The zero-order valence-corrected chi connectivity index (χ0v) is 11.3. The van der Waals surface area contributed by atoms with Crippen LogP contribution >= 0.6 is 0 Å². The molecule has 0 amide bonds. The van der Waals surface area contributed by atoms with Crippen molar-refractivity contribution < 1.29 is 9.84 Å². The van der Waals surface area contributed by atoms with Gasteiger partial charge in [-0.05, 0) is 38.0 Å². The summed E-state index contributed by atoms with van der Waals surface area (Å²) >= 11 is 0. The average Bonchev–Trinajstić information content (AvgIpc) is 2.51. The second-order valence-electron chi connectivity index (χ2n) is 6.04. The Morgan fingerprint density at radius 3 is 2.41 bits per heavy atom. The Bertz CT molecular complexity index is 218. The second kappa shape index (κ2) is 6.17. The summed E-state index contributed by atoms with van der Waals surface area (Å²) in [7, 11) is 0. The van der Waals surface area contributed by atoms with Crippen LogP contribution in [0.1, 0.15) is 46.0 Å². The molecule has 0 aliphatic carbocycles. The third kappa shape index (κ3) is 3.67. The lowest BCUT2D eigenvalue weighted by molar-refractivity contribution is 0.0142. The molecule has 17 heavy (non-hydrogen) atoms. The van der Waals surface area contributed by atoms with Gasteiger partial charge in [0.05, 0.1) is 12.7 Å². The molecule has 2 saturated heterocycles. The molecule has 0 spiro atoms. The van der Waals surface area contributed by atoms with Crippen LogP contribution in [0.4, 0.5) is 0 Å². The Morgan fingerprint density at radius 1 is 1.18 bits per heavy atom. The molecule has 2 bridgehead atoms. The lowest BCUT2D eigenvalue weighted by Crippen LogP contribution is -2.46. The summed E-state index contributed by atoms with van der Waals surface area (Å²) < 4.78 is 5.69. The van der Waals surface area contributed by atoms with E-state index in [4.69, 9.17) is 4.74 Å². The van der Waals surface area contributed by atoms with Crippen molar-refractivity contribution in [3.63, 3.8) is 0 Å². The molecule has 3 heteroatoms. The Labute approximate surface area is 105 Å². The van der Waals surface area contributed by atoms with Crippen molar-refractivity contribution in [3.05, 3.63) is 0 Å². The molecule has 2 atom stereocenters. The Balaban J connectivity index is 1.63. The predicted octanol–water partition coefficient (Wildman–Crippen LogP) is 2.04. The van der Waals surface area contributed by atoms with Gasteiger partial charge >= 0.3 is 0 Å². The first-order valence-corrected chi connectivity index (χ1v) is 7.18. The zero-order chi connectivity index (χ0) is 12.3. The maximum atomic E-state index is 9.72. The lowest BCUT2D eigenvalue weighted by Gasteiger charge is -2.37. The van der Waals surface area contributed by atoms with Crippen LogP contribution in [-0.2, 0) is 4.74 Å². The highest BCUT2D eigenvalue weighted by Gasteiger charge is 2.39.